The van der Waals surface area contributed by atoms with E-state index >= 15 is 0 Å². The molecule has 0 N–H and O–H groups in total. The Balaban J connectivity index is 2.03. The van der Waals surface area contributed by atoms with E-state index in [0.717, 1.165) is 31.1 Å². The smallest absolute Gasteiger partial charge is 0.172 e. The lowest BCUT2D eigenvalue weighted by atomic mass is 9.61. The Morgan fingerprint density at radius 3 is 2.47 bits per heavy atom. The molecule has 19 heavy (non-hydrogen) atoms. The molecule has 0 amide bonds. The maximum Gasteiger partial charge on any atom is 0.172 e. The van der Waals surface area contributed by atoms with Crippen molar-refractivity contribution in [1.29, 1.82) is 0 Å². The molecule has 1 spiro atoms. The van der Waals surface area contributed by atoms with Gasteiger partial charge in [-0.2, -0.15) is 0 Å². The van der Waals surface area contributed by atoms with E-state index in [-0.39, 0.29) is 5.92 Å². The van der Waals surface area contributed by atoms with Crippen molar-refractivity contribution in [1.82, 2.24) is 0 Å². The fourth-order valence-corrected chi connectivity index (χ4v) is 3.69. The molecule has 1 saturated carbocycles. The summed E-state index contributed by atoms with van der Waals surface area (Å²) in [6.45, 7) is 3.36. The first-order chi connectivity index (χ1) is 9.23. The Kier molecular flexibility index (Phi) is 3.19. The van der Waals surface area contributed by atoms with Crippen molar-refractivity contribution in [3.8, 4) is 0 Å². The molecule has 2 fully saturated rings. The van der Waals surface area contributed by atoms with E-state index in [1.54, 1.807) is 0 Å². The molecule has 3 nitrogen and oxygen atoms in total. The molecule has 102 valence electrons. The second kappa shape index (κ2) is 4.73. The average molecular weight is 260 g/mol. The molecule has 1 aliphatic carbocycles. The van der Waals surface area contributed by atoms with Crippen molar-refractivity contribution in [2.24, 2.45) is 5.92 Å². The zero-order valence-corrected chi connectivity index (χ0v) is 11.3. The minimum Gasteiger partial charge on any atom is -0.347 e. The summed E-state index contributed by atoms with van der Waals surface area (Å²) < 4.78 is 11.8. The van der Waals surface area contributed by atoms with Gasteiger partial charge < -0.3 is 14.3 Å². The van der Waals surface area contributed by atoms with Crippen molar-refractivity contribution in [2.75, 3.05) is 13.2 Å². The fourth-order valence-electron chi connectivity index (χ4n) is 3.69. The van der Waals surface area contributed by atoms with Gasteiger partial charge in [0, 0.05) is 12.3 Å². The van der Waals surface area contributed by atoms with Gasteiger partial charge in [0.05, 0.1) is 18.6 Å². The highest BCUT2D eigenvalue weighted by atomic mass is 16.7. The third kappa shape index (κ3) is 1.84. The molecule has 1 heterocycles. The van der Waals surface area contributed by atoms with Crippen molar-refractivity contribution >= 4 is 6.29 Å². The van der Waals surface area contributed by atoms with Crippen molar-refractivity contribution < 1.29 is 14.3 Å². The van der Waals surface area contributed by atoms with Gasteiger partial charge in [-0.25, -0.2) is 0 Å². The third-order valence-electron chi connectivity index (χ3n) is 4.85. The number of hydrogen-bond donors (Lipinski definition) is 0. The number of benzene rings is 1. The van der Waals surface area contributed by atoms with Crippen LogP contribution in [0.25, 0.3) is 0 Å². The molecule has 1 aliphatic heterocycles. The zero-order chi connectivity index (χ0) is 13.3. The molecular formula is C16H20O3. The van der Waals surface area contributed by atoms with Crippen LogP contribution in [0.1, 0.15) is 31.7 Å². The lowest BCUT2D eigenvalue weighted by Crippen LogP contribution is -2.53. The van der Waals surface area contributed by atoms with Gasteiger partial charge >= 0.3 is 0 Å². The van der Waals surface area contributed by atoms with E-state index in [4.69, 9.17) is 9.47 Å². The maximum atomic E-state index is 11.9. The normalized spacial score (nSPS) is 33.4. The van der Waals surface area contributed by atoms with Crippen LogP contribution in [0.5, 0.6) is 0 Å². The minimum atomic E-state index is -0.561. The Morgan fingerprint density at radius 1 is 1.16 bits per heavy atom. The SMILES string of the molecule is CC1C2(CCCC1(C=O)c1ccccc1)OCCO2. The molecule has 1 saturated heterocycles. The quantitative estimate of drug-likeness (QED) is 0.767. The minimum absolute atomic E-state index is 0.0381. The van der Waals surface area contributed by atoms with Gasteiger partial charge in [-0.15, -0.1) is 0 Å². The van der Waals surface area contributed by atoms with E-state index in [1.807, 2.05) is 30.3 Å². The van der Waals surface area contributed by atoms with Crippen molar-refractivity contribution in [3.63, 3.8) is 0 Å². The Labute approximate surface area is 113 Å². The molecule has 2 aliphatic rings. The highest BCUT2D eigenvalue weighted by Crippen LogP contribution is 2.50. The Hall–Kier alpha value is -1.19. The topological polar surface area (TPSA) is 35.5 Å². The van der Waals surface area contributed by atoms with E-state index in [1.165, 1.54) is 0 Å². The largest absolute Gasteiger partial charge is 0.347 e. The third-order valence-corrected chi connectivity index (χ3v) is 4.85. The number of rotatable bonds is 2. The van der Waals surface area contributed by atoms with Crippen LogP contribution in [0, 0.1) is 5.92 Å². The number of aldehydes is 1. The molecule has 3 rings (SSSR count). The van der Waals surface area contributed by atoms with Gasteiger partial charge in [0.2, 0.25) is 0 Å². The number of ether oxygens (including phenoxy) is 2. The number of carbonyl (C=O) groups is 1. The van der Waals surface area contributed by atoms with Gasteiger partial charge in [0.1, 0.15) is 6.29 Å². The Morgan fingerprint density at radius 2 is 1.84 bits per heavy atom. The molecule has 0 aromatic heterocycles. The highest BCUT2D eigenvalue weighted by molar-refractivity contribution is 5.70. The van der Waals surface area contributed by atoms with Gasteiger partial charge in [0.15, 0.2) is 5.79 Å². The summed E-state index contributed by atoms with van der Waals surface area (Å²) in [6, 6.07) is 10.0. The zero-order valence-electron chi connectivity index (χ0n) is 11.3. The van der Waals surface area contributed by atoms with Crippen molar-refractivity contribution in [3.05, 3.63) is 35.9 Å². The first kappa shape index (κ1) is 12.8. The molecule has 1 aromatic rings. The summed E-state index contributed by atoms with van der Waals surface area (Å²) in [5, 5.41) is 0. The van der Waals surface area contributed by atoms with E-state index < -0.39 is 11.2 Å². The standard InChI is InChI=1S/C16H20O3/c1-13-15(12-17,14-6-3-2-4-7-14)8-5-9-16(13)18-10-11-19-16/h2-4,6-7,12-13H,5,8-11H2,1H3. The van der Waals surface area contributed by atoms with E-state index in [9.17, 15) is 4.79 Å². The van der Waals surface area contributed by atoms with Gasteiger partial charge in [-0.1, -0.05) is 37.3 Å². The maximum absolute atomic E-state index is 11.9. The van der Waals surface area contributed by atoms with Crippen LogP contribution in [-0.2, 0) is 19.7 Å². The monoisotopic (exact) mass is 260 g/mol. The summed E-state index contributed by atoms with van der Waals surface area (Å²) in [7, 11) is 0. The summed E-state index contributed by atoms with van der Waals surface area (Å²) in [5.74, 6) is -0.522. The van der Waals surface area contributed by atoms with Crippen LogP contribution in [0.2, 0.25) is 0 Å². The first-order valence-electron chi connectivity index (χ1n) is 7.03. The second-order valence-corrected chi connectivity index (χ2v) is 5.61. The van der Waals surface area contributed by atoms with Crippen LogP contribution in [-0.4, -0.2) is 25.3 Å². The fraction of sp³-hybridized carbons (Fsp3) is 0.562. The molecule has 2 unspecified atom stereocenters. The number of carbonyl (C=O) groups excluding carboxylic acids is 1. The summed E-state index contributed by atoms with van der Waals surface area (Å²) >= 11 is 0. The predicted molar refractivity (Wildman–Crippen MR) is 71.8 cm³/mol. The summed E-state index contributed by atoms with van der Waals surface area (Å²) in [5.41, 5.74) is 0.597. The van der Waals surface area contributed by atoms with E-state index in [0.29, 0.717) is 13.2 Å². The predicted octanol–water partition coefficient (Wildman–Crippen LogP) is 2.69. The first-order valence-corrected chi connectivity index (χ1v) is 7.03. The van der Waals surface area contributed by atoms with Crippen molar-refractivity contribution in [2.45, 2.75) is 37.4 Å². The van der Waals surface area contributed by atoms with Crippen LogP contribution in [0.4, 0.5) is 0 Å². The van der Waals surface area contributed by atoms with Crippen LogP contribution in [0.15, 0.2) is 30.3 Å². The molecule has 1 aromatic carbocycles. The van der Waals surface area contributed by atoms with E-state index in [2.05, 4.69) is 6.92 Å². The lowest BCUT2D eigenvalue weighted by Gasteiger charge is -2.48. The number of hydrogen-bond acceptors (Lipinski definition) is 3. The highest BCUT2D eigenvalue weighted by Gasteiger charge is 2.55. The average Bonchev–Trinajstić information content (AvgIpc) is 2.93. The van der Waals surface area contributed by atoms with Gasteiger partial charge in [-0.05, 0) is 18.4 Å². The summed E-state index contributed by atoms with van der Waals surface area (Å²) in [4.78, 5) is 11.9. The molecule has 0 radical (unpaired) electrons. The van der Waals surface area contributed by atoms with Crippen LogP contribution >= 0.6 is 0 Å². The van der Waals surface area contributed by atoms with Gasteiger partial charge in [0.25, 0.3) is 0 Å². The molecule has 3 heteroatoms. The molecule has 2 atom stereocenters. The molecular weight excluding hydrogens is 240 g/mol. The van der Waals surface area contributed by atoms with Gasteiger partial charge in [-0.3, -0.25) is 0 Å². The lowest BCUT2D eigenvalue weighted by molar-refractivity contribution is -0.224. The summed E-state index contributed by atoms with van der Waals surface area (Å²) in [6.07, 6.45) is 3.82. The molecule has 0 bridgehead atoms. The van der Waals surface area contributed by atoms with Crippen LogP contribution in [0.3, 0.4) is 0 Å². The Bertz CT molecular complexity index is 450. The van der Waals surface area contributed by atoms with Crippen LogP contribution < -0.4 is 0 Å². The second-order valence-electron chi connectivity index (χ2n) is 5.61.